The van der Waals surface area contributed by atoms with Crippen molar-refractivity contribution >= 4 is 0 Å². The second-order valence-electron chi connectivity index (χ2n) is 4.38. The summed E-state index contributed by atoms with van der Waals surface area (Å²) >= 11 is 0. The van der Waals surface area contributed by atoms with Crippen molar-refractivity contribution in [1.29, 1.82) is 0 Å². The van der Waals surface area contributed by atoms with E-state index in [0.29, 0.717) is 6.61 Å². The molecule has 114 valence electrons. The van der Waals surface area contributed by atoms with Gasteiger partial charge in [-0.25, -0.2) is 4.89 Å². The Bertz CT molecular complexity index is 187. The Balaban J connectivity index is 2.93. The lowest BCUT2D eigenvalue weighted by atomic mass is 10.0. The number of hydrogen-bond donors (Lipinski definition) is 0. The molecule has 0 atom stereocenters. The van der Waals surface area contributed by atoms with E-state index in [9.17, 15) is 0 Å². The highest BCUT2D eigenvalue weighted by Crippen LogP contribution is 2.10. The van der Waals surface area contributed by atoms with Crippen molar-refractivity contribution in [3.05, 3.63) is 12.8 Å². The molecule has 0 spiro atoms. The van der Waals surface area contributed by atoms with Crippen LogP contribution in [0.4, 0.5) is 0 Å². The van der Waals surface area contributed by atoms with Crippen LogP contribution in [0.2, 0.25) is 0 Å². The first-order valence-electron chi connectivity index (χ1n) is 6.50. The molecular formula is C12H24O7. The van der Waals surface area contributed by atoms with Crippen LogP contribution in [-0.2, 0) is 35.0 Å². The van der Waals surface area contributed by atoms with Crippen LogP contribution in [0.15, 0.2) is 12.8 Å². The quantitative estimate of drug-likeness (QED) is 0.196. The molecule has 0 amide bonds. The molecule has 0 rings (SSSR count). The van der Waals surface area contributed by atoms with Crippen molar-refractivity contribution in [2.45, 2.75) is 52.4 Å². The van der Waals surface area contributed by atoms with Crippen molar-refractivity contribution in [2.24, 2.45) is 5.92 Å². The summed E-state index contributed by atoms with van der Waals surface area (Å²) in [6, 6.07) is 0. The van der Waals surface area contributed by atoms with Gasteiger partial charge in [0.25, 0.3) is 0 Å². The maximum Gasteiger partial charge on any atom is 0.125 e. The summed E-state index contributed by atoms with van der Waals surface area (Å²) in [5.41, 5.74) is 0. The first-order valence-corrected chi connectivity index (χ1v) is 6.50. The van der Waals surface area contributed by atoms with Gasteiger partial charge in [-0.3, -0.25) is 0 Å². The molecule has 0 fully saturated rings. The predicted molar refractivity (Wildman–Crippen MR) is 65.2 cm³/mol. The zero-order chi connectivity index (χ0) is 14.2. The van der Waals surface area contributed by atoms with E-state index in [4.69, 9.17) is 0 Å². The summed E-state index contributed by atoms with van der Waals surface area (Å²) in [5.74, 6) is 0.789. The monoisotopic (exact) mass is 280 g/mol. The van der Waals surface area contributed by atoms with E-state index in [-0.39, 0.29) is 0 Å². The van der Waals surface area contributed by atoms with Gasteiger partial charge >= 0.3 is 0 Å². The third-order valence-corrected chi connectivity index (χ3v) is 2.28. The predicted octanol–water partition coefficient (Wildman–Crippen LogP) is 3.73. The Hall–Kier alpha value is -0.700. The first-order chi connectivity index (χ1) is 9.27. The van der Waals surface area contributed by atoms with Crippen molar-refractivity contribution in [3.63, 3.8) is 0 Å². The summed E-state index contributed by atoms with van der Waals surface area (Å²) in [7, 11) is 0. The second-order valence-corrected chi connectivity index (χ2v) is 4.38. The fourth-order valence-electron chi connectivity index (χ4n) is 1.38. The highest BCUT2D eigenvalue weighted by atomic mass is 17.9. The lowest BCUT2D eigenvalue weighted by Gasteiger charge is -2.04. The Morgan fingerprint density at radius 3 is 2.21 bits per heavy atom. The topological polar surface area (TPSA) is 64.6 Å². The van der Waals surface area contributed by atoms with Crippen LogP contribution in [0.1, 0.15) is 52.4 Å². The Kier molecular flexibility index (Phi) is 14.8. The summed E-state index contributed by atoms with van der Waals surface area (Å²) in [6.45, 7) is 8.08. The zero-order valence-electron chi connectivity index (χ0n) is 11.7. The maximum atomic E-state index is 4.64. The molecule has 0 saturated heterocycles. The lowest BCUT2D eigenvalue weighted by Crippen LogP contribution is -2.01. The molecule has 0 unspecified atom stereocenters. The fourth-order valence-corrected chi connectivity index (χ4v) is 1.38. The number of rotatable bonds is 15. The minimum absolute atomic E-state index is 0.414. The van der Waals surface area contributed by atoms with Crippen molar-refractivity contribution in [3.8, 4) is 0 Å². The van der Waals surface area contributed by atoms with E-state index in [1.165, 1.54) is 25.7 Å². The van der Waals surface area contributed by atoms with Crippen molar-refractivity contribution in [2.75, 3.05) is 6.61 Å². The molecule has 0 heterocycles. The lowest BCUT2D eigenvalue weighted by molar-refractivity contribution is -0.786. The molecule has 0 radical (unpaired) electrons. The van der Waals surface area contributed by atoms with Gasteiger partial charge in [-0.15, -0.1) is 0 Å². The van der Waals surface area contributed by atoms with Gasteiger partial charge in [0, 0.05) is 15.1 Å². The fraction of sp³-hybridized carbons (Fsp3) is 0.833. The van der Waals surface area contributed by atoms with Crippen LogP contribution < -0.4 is 0 Å². The second kappa shape index (κ2) is 15.4. The molecule has 0 aromatic rings. The molecule has 0 aliphatic carbocycles. The minimum Gasteiger partial charge on any atom is -0.315 e. The molecule has 0 bridgehead atoms. The van der Waals surface area contributed by atoms with Crippen LogP contribution >= 0.6 is 0 Å². The largest absolute Gasteiger partial charge is 0.315 e. The third kappa shape index (κ3) is 17.3. The highest BCUT2D eigenvalue weighted by Gasteiger charge is 1.96. The average molecular weight is 280 g/mol. The van der Waals surface area contributed by atoms with Gasteiger partial charge in [0.1, 0.15) is 6.26 Å². The third-order valence-electron chi connectivity index (χ3n) is 2.28. The van der Waals surface area contributed by atoms with Gasteiger partial charge in [-0.1, -0.05) is 52.5 Å². The summed E-state index contributed by atoms with van der Waals surface area (Å²) in [6.07, 6.45) is 8.01. The molecule has 0 saturated carbocycles. The van der Waals surface area contributed by atoms with Crippen LogP contribution in [0, 0.1) is 5.92 Å². The maximum absolute atomic E-state index is 4.64. The molecule has 7 nitrogen and oxygen atoms in total. The smallest absolute Gasteiger partial charge is 0.125 e. The highest BCUT2D eigenvalue weighted by molar-refractivity contribution is 4.47. The Morgan fingerprint density at radius 1 is 0.842 bits per heavy atom. The van der Waals surface area contributed by atoms with E-state index in [0.717, 1.165) is 25.0 Å². The summed E-state index contributed by atoms with van der Waals surface area (Å²) < 4.78 is 0. The van der Waals surface area contributed by atoms with Gasteiger partial charge in [-0.2, -0.15) is 0 Å². The van der Waals surface area contributed by atoms with Gasteiger partial charge in [0.05, 0.1) is 6.61 Å². The van der Waals surface area contributed by atoms with Crippen molar-refractivity contribution in [1.82, 2.24) is 0 Å². The van der Waals surface area contributed by atoms with E-state index in [1.807, 2.05) is 0 Å². The number of unbranched alkanes of at least 4 members (excludes halogenated alkanes) is 4. The van der Waals surface area contributed by atoms with E-state index < -0.39 is 0 Å². The van der Waals surface area contributed by atoms with E-state index in [1.54, 1.807) is 0 Å². The van der Waals surface area contributed by atoms with Gasteiger partial charge in [0.15, 0.2) is 0 Å². The zero-order valence-corrected chi connectivity index (χ0v) is 11.7. The van der Waals surface area contributed by atoms with Gasteiger partial charge in [0.2, 0.25) is 0 Å². The van der Waals surface area contributed by atoms with Crippen LogP contribution in [0.3, 0.4) is 0 Å². The molecule has 0 N–H and O–H groups in total. The van der Waals surface area contributed by atoms with E-state index >= 15 is 0 Å². The van der Waals surface area contributed by atoms with Gasteiger partial charge in [-0.05, 0) is 22.4 Å². The van der Waals surface area contributed by atoms with Crippen molar-refractivity contribution < 1.29 is 35.0 Å². The molecule has 19 heavy (non-hydrogen) atoms. The Labute approximate surface area is 113 Å². The molecular weight excluding hydrogens is 256 g/mol. The van der Waals surface area contributed by atoms with Crippen LogP contribution in [0.25, 0.3) is 0 Å². The summed E-state index contributed by atoms with van der Waals surface area (Å²) in [5, 5.41) is 19.7. The van der Waals surface area contributed by atoms with Crippen LogP contribution in [-0.4, -0.2) is 6.61 Å². The normalized spacial score (nSPS) is 10.9. The molecule has 0 aromatic carbocycles. The SMILES string of the molecule is C=COOOOOOOCCCCCCCC(C)C. The summed E-state index contributed by atoms with van der Waals surface area (Å²) in [4.78, 5) is 8.72. The van der Waals surface area contributed by atoms with E-state index in [2.05, 4.69) is 55.4 Å². The standard InChI is InChI=1S/C12H24O7/c1-4-13-15-17-19-18-16-14-11-9-7-5-6-8-10-12(2)3/h4,12H,1,5-11H2,2-3H3. The average Bonchev–Trinajstić information content (AvgIpc) is 2.39. The number of hydrogen-bond acceptors (Lipinski definition) is 7. The van der Waals surface area contributed by atoms with Crippen LogP contribution in [0.5, 0.6) is 0 Å². The van der Waals surface area contributed by atoms with Gasteiger partial charge < -0.3 is 4.89 Å². The molecule has 0 aromatic heterocycles. The first kappa shape index (κ1) is 18.3. The molecule has 0 aliphatic heterocycles. The Morgan fingerprint density at radius 2 is 1.47 bits per heavy atom. The minimum atomic E-state index is 0.414. The molecule has 7 heteroatoms. The molecule has 0 aliphatic rings.